The smallest absolute Gasteiger partial charge is 0.494 e. The molecule has 3 heterocycles. The zero-order valence-electron chi connectivity index (χ0n) is 37.4. The predicted octanol–water partition coefficient (Wildman–Crippen LogP) is 14.3. The molecule has 0 amide bonds. The van der Waals surface area contributed by atoms with Crippen molar-refractivity contribution >= 4 is 34.1 Å². The summed E-state index contributed by atoms with van der Waals surface area (Å²) in [6.45, 7) is 18.6. The molecular formula is C60H48N4Pt. The van der Waals surface area contributed by atoms with Crippen molar-refractivity contribution in [3.8, 4) is 22.3 Å². The second-order valence-electron chi connectivity index (χ2n) is 20.1. The maximum Gasteiger partial charge on any atom is 4.00 e. The summed E-state index contributed by atoms with van der Waals surface area (Å²) in [7, 11) is 0. The topological polar surface area (TPSA) is 13.0 Å². The standard InChI is InChI=1S/C60H48N4.Pt/c1-57(2,3)39-29-31-53-55(35-39)61-37-63(53)60(51-27-13-9-23-47(51)48-24-10-14-28-52(48)60)64-38-62(56-36-40(58(4,5)6)30-32-54(56)64)44-20-16-18-42(34-44)59(41-17-15-19-43(61)33-41)49-25-11-7-21-45(49)46-22-8-12-26-50(46)59;/h7-32,35-38H,1-6H3;/q-4;+4. The first-order valence-corrected chi connectivity index (χ1v) is 22.6. The van der Waals surface area contributed by atoms with Crippen molar-refractivity contribution < 1.29 is 21.1 Å². The fourth-order valence-corrected chi connectivity index (χ4v) is 11.6. The quantitative estimate of drug-likeness (QED) is 0.140. The summed E-state index contributed by atoms with van der Waals surface area (Å²) >= 11 is 0. The molecule has 0 atom stereocenters. The van der Waals surface area contributed by atoms with E-state index in [2.05, 4.69) is 256 Å². The van der Waals surface area contributed by atoms with Gasteiger partial charge in [0.15, 0.2) is 0 Å². The molecule has 5 aliphatic rings. The summed E-state index contributed by atoms with van der Waals surface area (Å²) in [5, 5.41) is 0. The molecule has 0 saturated heterocycles. The van der Waals surface area contributed by atoms with E-state index in [4.69, 9.17) is 0 Å². The van der Waals surface area contributed by atoms with Crippen LogP contribution < -0.4 is 19.6 Å². The van der Waals surface area contributed by atoms with E-state index in [1.807, 2.05) is 0 Å². The van der Waals surface area contributed by atoms with Crippen LogP contribution in [0.1, 0.15) is 86.1 Å². The summed E-state index contributed by atoms with van der Waals surface area (Å²) < 4.78 is 0. The summed E-state index contributed by atoms with van der Waals surface area (Å²) in [5.41, 5.74) is 19.4. The molecule has 5 heteroatoms. The molecule has 3 aliphatic heterocycles. The average Bonchev–Trinajstić information content (AvgIpc) is 4.05. The Bertz CT molecular complexity index is 3040. The van der Waals surface area contributed by atoms with Crippen LogP contribution in [0.15, 0.2) is 170 Å². The van der Waals surface area contributed by atoms with Gasteiger partial charge in [-0.25, -0.2) is 0 Å². The van der Waals surface area contributed by atoms with Crippen molar-refractivity contribution in [3.05, 3.63) is 240 Å². The van der Waals surface area contributed by atoms with E-state index < -0.39 is 11.1 Å². The molecule has 4 nitrogen and oxygen atoms in total. The number of fused-ring (bicyclic) bond motifs is 30. The van der Waals surface area contributed by atoms with Crippen molar-refractivity contribution in [3.63, 3.8) is 0 Å². The van der Waals surface area contributed by atoms with Gasteiger partial charge in [-0.1, -0.05) is 151 Å². The van der Waals surface area contributed by atoms with Gasteiger partial charge in [0.25, 0.3) is 0 Å². The van der Waals surface area contributed by atoms with E-state index in [0.717, 1.165) is 45.3 Å². The third-order valence-corrected chi connectivity index (χ3v) is 14.6. The van der Waals surface area contributed by atoms with Gasteiger partial charge in [-0.05, 0) is 79.6 Å². The molecule has 0 aromatic heterocycles. The van der Waals surface area contributed by atoms with Gasteiger partial charge in [-0.3, -0.25) is 0 Å². The Morgan fingerprint density at radius 1 is 0.400 bits per heavy atom. The third kappa shape index (κ3) is 5.29. The first-order valence-electron chi connectivity index (χ1n) is 22.6. The minimum atomic E-state index is -0.837. The van der Waals surface area contributed by atoms with Gasteiger partial charge >= 0.3 is 21.1 Å². The molecule has 0 radical (unpaired) electrons. The van der Waals surface area contributed by atoms with Crippen molar-refractivity contribution in [1.82, 2.24) is 0 Å². The molecule has 2 spiro atoms. The summed E-state index contributed by atoms with van der Waals surface area (Å²) in [4.78, 5) is 9.93. The van der Waals surface area contributed by atoms with E-state index in [0.29, 0.717) is 0 Å². The summed E-state index contributed by atoms with van der Waals surface area (Å²) in [6.07, 6.45) is 0. The SMILES string of the molecule is CC(C)(C)c1ccc2c(c1)N1[CH-]N2C2(c3ccccc3-c3ccccc32)N2[CH-]N(c3[c-]c(ccc3)C3(c4[c-]c1ccc4)c1ccccc1-c1ccccc13)c1cc(C(C)(C)C)ccc12.[Pt+4]. The maximum absolute atomic E-state index is 4.16. The Morgan fingerprint density at radius 3 is 1.17 bits per heavy atom. The van der Waals surface area contributed by atoms with E-state index in [-0.39, 0.29) is 31.9 Å². The predicted molar refractivity (Wildman–Crippen MR) is 262 cm³/mol. The Morgan fingerprint density at radius 2 is 0.769 bits per heavy atom. The molecular weight excluding hydrogens is 972 g/mol. The number of nitrogens with zero attached hydrogens (tertiary/aromatic N) is 4. The molecule has 2 aliphatic carbocycles. The molecule has 8 bridgehead atoms. The molecule has 318 valence electrons. The van der Waals surface area contributed by atoms with E-state index in [9.17, 15) is 0 Å². The second kappa shape index (κ2) is 13.8. The van der Waals surface area contributed by atoms with E-state index in [1.54, 1.807) is 0 Å². The van der Waals surface area contributed by atoms with Crippen LogP contribution in [0.25, 0.3) is 22.3 Å². The van der Waals surface area contributed by atoms with E-state index >= 15 is 0 Å². The number of hydrogen-bond donors (Lipinski definition) is 0. The van der Waals surface area contributed by atoms with Crippen LogP contribution in [0, 0.1) is 25.5 Å². The zero-order valence-corrected chi connectivity index (χ0v) is 39.7. The second-order valence-corrected chi connectivity index (χ2v) is 20.1. The van der Waals surface area contributed by atoms with Gasteiger partial charge in [0.1, 0.15) is 5.66 Å². The normalized spacial score (nSPS) is 16.3. The minimum Gasteiger partial charge on any atom is -0.494 e. The first kappa shape index (κ1) is 40.2. The maximum atomic E-state index is 4.16. The number of rotatable bonds is 0. The Kier molecular flexibility index (Phi) is 8.55. The van der Waals surface area contributed by atoms with Gasteiger partial charge in [-0.15, -0.1) is 35.8 Å². The van der Waals surface area contributed by atoms with Crippen LogP contribution in [0.4, 0.5) is 34.1 Å². The number of benzene rings is 8. The fourth-order valence-electron chi connectivity index (χ4n) is 11.6. The molecule has 0 N–H and O–H groups in total. The average molecular weight is 1020 g/mol. The fraction of sp³-hybridized carbons (Fsp3) is 0.167. The monoisotopic (exact) mass is 1020 g/mol. The van der Waals surface area contributed by atoms with Crippen LogP contribution in [0.3, 0.4) is 0 Å². The van der Waals surface area contributed by atoms with Crippen LogP contribution >= 0.6 is 0 Å². The van der Waals surface area contributed by atoms with E-state index in [1.165, 1.54) is 55.6 Å². The Labute approximate surface area is 398 Å². The van der Waals surface area contributed by atoms with Gasteiger partial charge in [-0.2, -0.15) is 48.5 Å². The largest absolute Gasteiger partial charge is 4.00 e. The van der Waals surface area contributed by atoms with Crippen LogP contribution in [0.5, 0.6) is 0 Å². The van der Waals surface area contributed by atoms with Gasteiger partial charge < -0.3 is 19.6 Å². The van der Waals surface area contributed by atoms with Crippen LogP contribution in [-0.2, 0) is 43.0 Å². The van der Waals surface area contributed by atoms with Crippen molar-refractivity contribution in [2.45, 2.75) is 63.5 Å². The number of anilines is 6. The van der Waals surface area contributed by atoms with Crippen LogP contribution in [0.2, 0.25) is 0 Å². The molecule has 0 saturated carbocycles. The summed E-state index contributed by atoms with van der Waals surface area (Å²) in [5.74, 6) is 0. The van der Waals surface area contributed by atoms with Crippen molar-refractivity contribution in [2.75, 3.05) is 19.6 Å². The van der Waals surface area contributed by atoms with Crippen LogP contribution in [-0.4, -0.2) is 0 Å². The molecule has 13 rings (SSSR count). The molecule has 65 heavy (non-hydrogen) atoms. The van der Waals surface area contributed by atoms with Crippen molar-refractivity contribution in [2.24, 2.45) is 0 Å². The van der Waals surface area contributed by atoms with Crippen molar-refractivity contribution in [1.29, 1.82) is 0 Å². The first-order chi connectivity index (χ1) is 31.0. The number of hydrogen-bond acceptors (Lipinski definition) is 4. The summed E-state index contributed by atoms with van der Waals surface area (Å²) in [6, 6.07) is 72.0. The molecule has 0 fully saturated rings. The molecule has 8 aromatic carbocycles. The van der Waals surface area contributed by atoms with Gasteiger partial charge in [0, 0.05) is 39.3 Å². The molecule has 0 unspecified atom stereocenters. The Hall–Kier alpha value is -6.35. The van der Waals surface area contributed by atoms with Gasteiger partial charge in [0.05, 0.1) is 0 Å². The Balaban J connectivity index is 0.00000444. The third-order valence-electron chi connectivity index (χ3n) is 14.6. The minimum absolute atomic E-state index is 0. The van der Waals surface area contributed by atoms with Gasteiger partial charge in [0.2, 0.25) is 0 Å². The zero-order chi connectivity index (χ0) is 43.3. The molecule has 8 aromatic rings.